The molecule has 0 aliphatic rings. The van der Waals surface area contributed by atoms with Crippen molar-refractivity contribution in [1.29, 1.82) is 0 Å². The smallest absolute Gasteiger partial charge is 0.291 e. The lowest BCUT2D eigenvalue weighted by atomic mass is 10.2. The standard InChI is InChI=1S/C5H3ClF2N2OS/c6-5(7,8)4(11)1-3-2-12-10-9-3/h2H,1H2. The van der Waals surface area contributed by atoms with Gasteiger partial charge in [-0.15, -0.1) is 5.10 Å². The Morgan fingerprint density at radius 1 is 1.75 bits per heavy atom. The van der Waals surface area contributed by atoms with Gasteiger partial charge in [-0.25, -0.2) is 0 Å². The quantitative estimate of drug-likeness (QED) is 0.713. The van der Waals surface area contributed by atoms with Crippen LogP contribution in [0.15, 0.2) is 5.38 Å². The van der Waals surface area contributed by atoms with Crippen molar-refractivity contribution in [2.75, 3.05) is 0 Å². The van der Waals surface area contributed by atoms with Gasteiger partial charge in [0.2, 0.25) is 5.78 Å². The zero-order chi connectivity index (χ0) is 9.19. The number of Topliss-reactive ketones (excluding diaryl/α,β-unsaturated/α-hetero) is 1. The second-order valence-electron chi connectivity index (χ2n) is 1.99. The second-order valence-corrected chi connectivity index (χ2v) is 3.08. The van der Waals surface area contributed by atoms with E-state index in [2.05, 4.69) is 21.2 Å². The Bertz CT molecular complexity index is 271. The maximum Gasteiger partial charge on any atom is 0.380 e. The van der Waals surface area contributed by atoms with Gasteiger partial charge in [-0.2, -0.15) is 8.78 Å². The van der Waals surface area contributed by atoms with E-state index in [0.29, 0.717) is 0 Å². The summed E-state index contributed by atoms with van der Waals surface area (Å²) >= 11 is 5.46. The van der Waals surface area contributed by atoms with E-state index in [1.165, 1.54) is 5.38 Å². The van der Waals surface area contributed by atoms with E-state index in [4.69, 9.17) is 0 Å². The number of carbonyl (C=O) groups is 1. The highest BCUT2D eigenvalue weighted by Gasteiger charge is 2.35. The van der Waals surface area contributed by atoms with Gasteiger partial charge in [0.05, 0.1) is 12.1 Å². The monoisotopic (exact) mass is 212 g/mol. The average molecular weight is 213 g/mol. The van der Waals surface area contributed by atoms with Crippen molar-refractivity contribution in [1.82, 2.24) is 9.59 Å². The molecule has 7 heteroatoms. The van der Waals surface area contributed by atoms with Crippen LogP contribution in [-0.2, 0) is 11.2 Å². The first-order chi connectivity index (χ1) is 5.50. The van der Waals surface area contributed by atoms with Crippen LogP contribution in [0.3, 0.4) is 0 Å². The molecule has 0 aliphatic heterocycles. The van der Waals surface area contributed by atoms with E-state index in [1.54, 1.807) is 0 Å². The number of carbonyl (C=O) groups excluding carboxylic acids is 1. The van der Waals surface area contributed by atoms with Crippen molar-refractivity contribution in [2.24, 2.45) is 0 Å². The van der Waals surface area contributed by atoms with Crippen LogP contribution < -0.4 is 0 Å². The number of halogens is 3. The van der Waals surface area contributed by atoms with Crippen LogP contribution >= 0.6 is 23.1 Å². The van der Waals surface area contributed by atoms with Crippen LogP contribution in [0.1, 0.15) is 5.69 Å². The Balaban J connectivity index is 2.60. The molecule has 0 aromatic carbocycles. The summed E-state index contributed by atoms with van der Waals surface area (Å²) in [5.41, 5.74) is 0.213. The lowest BCUT2D eigenvalue weighted by molar-refractivity contribution is -0.132. The summed E-state index contributed by atoms with van der Waals surface area (Å²) in [5, 5.41) is 1.04. The highest BCUT2D eigenvalue weighted by atomic mass is 35.5. The SMILES string of the molecule is O=C(Cc1csnn1)C(F)(F)Cl. The Morgan fingerprint density at radius 3 is 2.83 bits per heavy atom. The third kappa shape index (κ3) is 2.46. The summed E-state index contributed by atoms with van der Waals surface area (Å²) in [7, 11) is 0. The molecule has 0 saturated heterocycles. The predicted octanol–water partition coefficient (Wildman–Crippen LogP) is 1.48. The second kappa shape index (κ2) is 3.40. The normalized spacial score (nSPS) is 11.6. The summed E-state index contributed by atoms with van der Waals surface area (Å²) in [6.07, 6.45) is -0.479. The van der Waals surface area contributed by atoms with Crippen LogP contribution in [0, 0.1) is 0 Å². The van der Waals surface area contributed by atoms with Crippen LogP contribution in [0.2, 0.25) is 0 Å². The largest absolute Gasteiger partial charge is 0.380 e. The summed E-state index contributed by atoms with van der Waals surface area (Å²) in [6.45, 7) is 0. The van der Waals surface area contributed by atoms with Crippen molar-refractivity contribution in [3.05, 3.63) is 11.1 Å². The molecule has 0 bridgehead atoms. The third-order valence-electron chi connectivity index (χ3n) is 1.06. The van der Waals surface area contributed by atoms with Gasteiger partial charge in [0.15, 0.2) is 0 Å². The Morgan fingerprint density at radius 2 is 2.42 bits per heavy atom. The number of nitrogens with zero attached hydrogens (tertiary/aromatic N) is 2. The van der Waals surface area contributed by atoms with E-state index in [1.807, 2.05) is 0 Å². The molecule has 0 N–H and O–H groups in total. The van der Waals surface area contributed by atoms with Gasteiger partial charge >= 0.3 is 5.38 Å². The molecule has 0 aliphatic carbocycles. The van der Waals surface area contributed by atoms with E-state index in [9.17, 15) is 13.6 Å². The summed E-state index contributed by atoms with van der Waals surface area (Å²) in [6, 6.07) is 0. The van der Waals surface area contributed by atoms with Crippen molar-refractivity contribution < 1.29 is 13.6 Å². The molecule has 0 radical (unpaired) electrons. The minimum absolute atomic E-state index is 0.213. The molecular weight excluding hydrogens is 210 g/mol. The fourth-order valence-corrected chi connectivity index (χ4v) is 1.04. The van der Waals surface area contributed by atoms with E-state index in [0.717, 1.165) is 11.5 Å². The summed E-state index contributed by atoms with van der Waals surface area (Å²) < 4.78 is 27.6. The topological polar surface area (TPSA) is 42.9 Å². The van der Waals surface area contributed by atoms with E-state index >= 15 is 0 Å². The highest BCUT2D eigenvalue weighted by molar-refractivity contribution is 7.03. The molecule has 0 atom stereocenters. The number of ketones is 1. The van der Waals surface area contributed by atoms with E-state index in [-0.39, 0.29) is 5.69 Å². The zero-order valence-corrected chi connectivity index (χ0v) is 7.20. The summed E-state index contributed by atoms with van der Waals surface area (Å²) in [5.74, 6) is -1.36. The Labute approximate surface area is 75.5 Å². The molecule has 0 spiro atoms. The maximum atomic E-state index is 12.1. The van der Waals surface area contributed by atoms with Gasteiger partial charge in [0, 0.05) is 5.38 Å². The molecule has 12 heavy (non-hydrogen) atoms. The summed E-state index contributed by atoms with van der Waals surface area (Å²) in [4.78, 5) is 10.6. The molecule has 0 amide bonds. The van der Waals surface area contributed by atoms with Gasteiger partial charge in [-0.05, 0) is 23.1 Å². The molecule has 0 unspecified atom stereocenters. The fourth-order valence-electron chi connectivity index (χ4n) is 0.526. The minimum atomic E-state index is -3.80. The first kappa shape index (κ1) is 9.47. The fraction of sp³-hybridized carbons (Fsp3) is 0.400. The molecule has 1 rings (SSSR count). The minimum Gasteiger partial charge on any atom is -0.291 e. The van der Waals surface area contributed by atoms with E-state index < -0.39 is 17.6 Å². The number of hydrogen-bond acceptors (Lipinski definition) is 4. The van der Waals surface area contributed by atoms with Crippen LogP contribution in [0.25, 0.3) is 0 Å². The molecule has 0 saturated carbocycles. The maximum absolute atomic E-state index is 12.1. The lowest BCUT2D eigenvalue weighted by Gasteiger charge is -2.03. The number of aromatic nitrogens is 2. The van der Waals surface area contributed by atoms with Gasteiger partial charge in [-0.1, -0.05) is 4.49 Å². The molecule has 3 nitrogen and oxygen atoms in total. The van der Waals surface area contributed by atoms with Gasteiger partial charge in [-0.3, -0.25) is 4.79 Å². The first-order valence-electron chi connectivity index (χ1n) is 2.86. The van der Waals surface area contributed by atoms with Crippen molar-refractivity contribution in [3.8, 4) is 0 Å². The van der Waals surface area contributed by atoms with Gasteiger partial charge < -0.3 is 0 Å². The average Bonchev–Trinajstić information content (AvgIpc) is 2.37. The van der Waals surface area contributed by atoms with Crippen molar-refractivity contribution in [3.63, 3.8) is 0 Å². The van der Waals surface area contributed by atoms with Gasteiger partial charge in [0.25, 0.3) is 0 Å². The third-order valence-corrected chi connectivity index (χ3v) is 1.83. The van der Waals surface area contributed by atoms with Crippen LogP contribution in [0.5, 0.6) is 0 Å². The van der Waals surface area contributed by atoms with Crippen LogP contribution in [-0.4, -0.2) is 20.8 Å². The highest BCUT2D eigenvalue weighted by Crippen LogP contribution is 2.21. The number of alkyl halides is 3. The molecular formula is C5H3ClF2N2OS. The molecule has 1 heterocycles. The lowest BCUT2D eigenvalue weighted by Crippen LogP contribution is -2.23. The van der Waals surface area contributed by atoms with Gasteiger partial charge in [0.1, 0.15) is 0 Å². The zero-order valence-electron chi connectivity index (χ0n) is 5.63. The van der Waals surface area contributed by atoms with Crippen molar-refractivity contribution in [2.45, 2.75) is 11.8 Å². The number of hydrogen-bond donors (Lipinski definition) is 0. The predicted molar refractivity (Wildman–Crippen MR) is 39.4 cm³/mol. The van der Waals surface area contributed by atoms with Crippen LogP contribution in [0.4, 0.5) is 8.78 Å². The van der Waals surface area contributed by atoms with Crippen molar-refractivity contribution >= 4 is 28.9 Å². The Kier molecular flexibility index (Phi) is 2.69. The molecule has 66 valence electrons. The molecule has 0 fully saturated rings. The molecule has 1 aromatic heterocycles. The molecule has 1 aromatic rings. The first-order valence-corrected chi connectivity index (χ1v) is 4.07. The number of rotatable bonds is 3. The Hall–Kier alpha value is -0.620.